The summed E-state index contributed by atoms with van der Waals surface area (Å²) >= 11 is 3.43. The van der Waals surface area contributed by atoms with Crippen molar-refractivity contribution in [2.75, 3.05) is 6.61 Å². The van der Waals surface area contributed by atoms with Crippen LogP contribution in [0.25, 0.3) is 22.9 Å². The third kappa shape index (κ3) is 3.26. The molecule has 22 heavy (non-hydrogen) atoms. The molecule has 4 nitrogen and oxygen atoms in total. The molecule has 0 radical (unpaired) electrons. The quantitative estimate of drug-likeness (QED) is 0.620. The van der Waals surface area contributed by atoms with Gasteiger partial charge in [0.15, 0.2) is 0 Å². The summed E-state index contributed by atoms with van der Waals surface area (Å²) in [5, 5.41) is 8.19. The second-order valence-corrected chi connectivity index (χ2v) is 5.46. The van der Waals surface area contributed by atoms with Gasteiger partial charge in [0.05, 0.1) is 0 Å². The van der Waals surface area contributed by atoms with Crippen LogP contribution >= 0.6 is 15.9 Å². The van der Waals surface area contributed by atoms with Crippen LogP contribution in [0.4, 0.5) is 0 Å². The summed E-state index contributed by atoms with van der Waals surface area (Å²) in [6.45, 7) is 4.10. The molecular formula is C17H13BrN2O2. The normalized spacial score (nSPS) is 10.4. The van der Waals surface area contributed by atoms with Gasteiger partial charge in [-0.2, -0.15) is 0 Å². The van der Waals surface area contributed by atoms with Crippen molar-refractivity contribution in [3.63, 3.8) is 0 Å². The van der Waals surface area contributed by atoms with Gasteiger partial charge in [-0.1, -0.05) is 34.7 Å². The van der Waals surface area contributed by atoms with E-state index in [-0.39, 0.29) is 0 Å². The van der Waals surface area contributed by atoms with Crippen LogP contribution in [0.2, 0.25) is 0 Å². The second kappa shape index (κ2) is 6.58. The highest BCUT2D eigenvalue weighted by Crippen LogP contribution is 2.26. The van der Waals surface area contributed by atoms with Gasteiger partial charge in [-0.05, 0) is 42.5 Å². The van der Waals surface area contributed by atoms with E-state index in [0.717, 1.165) is 21.3 Å². The highest BCUT2D eigenvalue weighted by Gasteiger charge is 2.10. The molecule has 0 aliphatic rings. The molecular weight excluding hydrogens is 344 g/mol. The maximum absolute atomic E-state index is 5.73. The average Bonchev–Trinajstić information content (AvgIpc) is 3.03. The molecule has 1 aromatic heterocycles. The first-order valence-electron chi connectivity index (χ1n) is 6.70. The van der Waals surface area contributed by atoms with Crippen LogP contribution in [0.5, 0.6) is 5.75 Å². The minimum atomic E-state index is 0.477. The van der Waals surface area contributed by atoms with E-state index < -0.39 is 0 Å². The SMILES string of the molecule is C=CCOc1ccc(-c2nnc(-c3cccc(Br)c3)o2)cc1. The first kappa shape index (κ1) is 14.5. The molecule has 3 rings (SSSR count). The highest BCUT2D eigenvalue weighted by atomic mass is 79.9. The molecule has 1 heterocycles. The lowest BCUT2D eigenvalue weighted by molar-refractivity contribution is 0.363. The number of aromatic nitrogens is 2. The summed E-state index contributed by atoms with van der Waals surface area (Å²) in [7, 11) is 0. The van der Waals surface area contributed by atoms with E-state index in [1.165, 1.54) is 0 Å². The van der Waals surface area contributed by atoms with Crippen molar-refractivity contribution >= 4 is 15.9 Å². The maximum Gasteiger partial charge on any atom is 0.248 e. The van der Waals surface area contributed by atoms with E-state index in [2.05, 4.69) is 32.7 Å². The number of benzene rings is 2. The van der Waals surface area contributed by atoms with Crippen LogP contribution < -0.4 is 4.74 Å². The number of halogens is 1. The molecule has 0 N–H and O–H groups in total. The van der Waals surface area contributed by atoms with Crippen molar-refractivity contribution in [2.45, 2.75) is 0 Å². The smallest absolute Gasteiger partial charge is 0.248 e. The molecule has 0 atom stereocenters. The van der Waals surface area contributed by atoms with Crippen molar-refractivity contribution in [1.29, 1.82) is 0 Å². The summed E-state index contributed by atoms with van der Waals surface area (Å²) < 4.78 is 12.1. The zero-order chi connectivity index (χ0) is 15.4. The Morgan fingerprint density at radius 2 is 1.77 bits per heavy atom. The first-order chi connectivity index (χ1) is 10.8. The number of ether oxygens (including phenoxy) is 1. The molecule has 3 aromatic rings. The van der Waals surface area contributed by atoms with Gasteiger partial charge in [0, 0.05) is 15.6 Å². The van der Waals surface area contributed by atoms with E-state index >= 15 is 0 Å². The molecule has 0 saturated carbocycles. The molecule has 0 unspecified atom stereocenters. The third-order valence-electron chi connectivity index (χ3n) is 2.97. The minimum Gasteiger partial charge on any atom is -0.490 e. The summed E-state index contributed by atoms with van der Waals surface area (Å²) in [4.78, 5) is 0. The summed E-state index contributed by atoms with van der Waals surface area (Å²) in [5.41, 5.74) is 1.72. The minimum absolute atomic E-state index is 0.477. The lowest BCUT2D eigenvalue weighted by Gasteiger charge is -2.02. The van der Waals surface area contributed by atoms with Crippen molar-refractivity contribution < 1.29 is 9.15 Å². The Morgan fingerprint density at radius 3 is 2.45 bits per heavy atom. The van der Waals surface area contributed by atoms with E-state index in [4.69, 9.17) is 9.15 Å². The molecule has 0 bridgehead atoms. The van der Waals surface area contributed by atoms with Crippen LogP contribution in [-0.2, 0) is 0 Å². The molecule has 2 aromatic carbocycles. The predicted octanol–water partition coefficient (Wildman–Crippen LogP) is 4.73. The monoisotopic (exact) mass is 356 g/mol. The number of hydrogen-bond donors (Lipinski definition) is 0. The van der Waals surface area contributed by atoms with Crippen LogP contribution in [0.1, 0.15) is 0 Å². The molecule has 0 saturated heterocycles. The summed E-state index contributed by atoms with van der Waals surface area (Å²) in [6.07, 6.45) is 1.70. The molecule has 5 heteroatoms. The van der Waals surface area contributed by atoms with Gasteiger partial charge in [-0.25, -0.2) is 0 Å². The maximum atomic E-state index is 5.73. The average molecular weight is 357 g/mol. The Labute approximate surface area is 136 Å². The largest absolute Gasteiger partial charge is 0.490 e. The van der Waals surface area contributed by atoms with Gasteiger partial charge < -0.3 is 9.15 Å². The van der Waals surface area contributed by atoms with Crippen molar-refractivity contribution in [3.05, 3.63) is 65.7 Å². The molecule has 0 aliphatic carbocycles. The lowest BCUT2D eigenvalue weighted by atomic mass is 10.2. The topological polar surface area (TPSA) is 48.2 Å². The van der Waals surface area contributed by atoms with E-state index in [1.54, 1.807) is 6.08 Å². The van der Waals surface area contributed by atoms with Crippen LogP contribution in [0, 0.1) is 0 Å². The van der Waals surface area contributed by atoms with Gasteiger partial charge in [-0.3, -0.25) is 0 Å². The number of rotatable bonds is 5. The fourth-order valence-corrected chi connectivity index (χ4v) is 2.33. The predicted molar refractivity (Wildman–Crippen MR) is 88.6 cm³/mol. The van der Waals surface area contributed by atoms with Crippen LogP contribution in [-0.4, -0.2) is 16.8 Å². The number of hydrogen-bond acceptors (Lipinski definition) is 4. The summed E-state index contributed by atoms with van der Waals surface area (Å²) in [6, 6.07) is 15.2. The Kier molecular flexibility index (Phi) is 4.34. The Hall–Kier alpha value is -2.40. The van der Waals surface area contributed by atoms with Gasteiger partial charge in [0.2, 0.25) is 11.8 Å². The Bertz CT molecular complexity index is 781. The molecule has 110 valence electrons. The van der Waals surface area contributed by atoms with Gasteiger partial charge in [0.25, 0.3) is 0 Å². The summed E-state index contributed by atoms with van der Waals surface area (Å²) in [5.74, 6) is 1.74. The zero-order valence-corrected chi connectivity index (χ0v) is 13.3. The van der Waals surface area contributed by atoms with Crippen molar-refractivity contribution in [2.24, 2.45) is 0 Å². The molecule has 0 aliphatic heterocycles. The van der Waals surface area contributed by atoms with E-state index in [9.17, 15) is 0 Å². The second-order valence-electron chi connectivity index (χ2n) is 4.55. The van der Waals surface area contributed by atoms with Crippen LogP contribution in [0.3, 0.4) is 0 Å². The Morgan fingerprint density at radius 1 is 1.05 bits per heavy atom. The lowest BCUT2D eigenvalue weighted by Crippen LogP contribution is -1.92. The molecule has 0 fully saturated rings. The standard InChI is InChI=1S/C17H13BrN2O2/c1-2-10-21-15-8-6-12(7-9-15)16-19-20-17(22-16)13-4-3-5-14(18)11-13/h2-9,11H,1,10H2. The van der Waals surface area contributed by atoms with E-state index in [1.807, 2.05) is 48.5 Å². The van der Waals surface area contributed by atoms with Crippen molar-refractivity contribution in [3.8, 4) is 28.7 Å². The molecule has 0 amide bonds. The zero-order valence-electron chi connectivity index (χ0n) is 11.7. The van der Waals surface area contributed by atoms with Crippen molar-refractivity contribution in [1.82, 2.24) is 10.2 Å². The van der Waals surface area contributed by atoms with Crippen LogP contribution in [0.15, 0.2) is 70.1 Å². The Balaban J connectivity index is 1.83. The van der Waals surface area contributed by atoms with E-state index in [0.29, 0.717) is 18.4 Å². The van der Waals surface area contributed by atoms with Gasteiger partial charge in [0.1, 0.15) is 12.4 Å². The highest BCUT2D eigenvalue weighted by molar-refractivity contribution is 9.10. The fraction of sp³-hybridized carbons (Fsp3) is 0.0588. The van der Waals surface area contributed by atoms with Gasteiger partial charge in [-0.15, -0.1) is 10.2 Å². The first-order valence-corrected chi connectivity index (χ1v) is 7.49. The molecule has 0 spiro atoms. The third-order valence-corrected chi connectivity index (χ3v) is 3.46. The fourth-order valence-electron chi connectivity index (χ4n) is 1.93. The number of nitrogens with zero attached hydrogens (tertiary/aromatic N) is 2. The van der Waals surface area contributed by atoms with Gasteiger partial charge >= 0.3 is 0 Å².